The maximum atomic E-state index is 13.1. The second-order valence-electron chi connectivity index (χ2n) is 10.5. The summed E-state index contributed by atoms with van der Waals surface area (Å²) < 4.78 is 39.0. The summed E-state index contributed by atoms with van der Waals surface area (Å²) in [5.41, 5.74) is 3.58. The Kier molecular flexibility index (Phi) is 6.82. The Hall–Kier alpha value is -3.79. The minimum Gasteiger partial charge on any atom is -0.343 e. The van der Waals surface area contributed by atoms with Crippen LogP contribution < -0.4 is 15.9 Å². The molecule has 1 aromatic heterocycles. The Bertz CT molecular complexity index is 1660. The third kappa shape index (κ3) is 5.20. The number of halogens is 3. The van der Waals surface area contributed by atoms with E-state index in [9.17, 15) is 22.8 Å². The number of alkyl halides is 3. The van der Waals surface area contributed by atoms with Gasteiger partial charge >= 0.3 is 6.18 Å². The Morgan fingerprint density at radius 1 is 1.07 bits per heavy atom. The number of allylic oxidation sites excluding steroid dienone is 3. The summed E-state index contributed by atoms with van der Waals surface area (Å²) in [4.78, 5) is 36.8. The molecule has 2 aliphatic heterocycles. The number of para-hydroxylation sites is 1. The highest BCUT2D eigenvalue weighted by atomic mass is 32.1. The molecule has 0 spiro atoms. The van der Waals surface area contributed by atoms with Crippen molar-refractivity contribution in [1.29, 1.82) is 0 Å². The largest absolute Gasteiger partial charge is 0.405 e. The molecule has 0 bridgehead atoms. The van der Waals surface area contributed by atoms with E-state index in [4.69, 9.17) is 4.99 Å². The lowest BCUT2D eigenvalue weighted by atomic mass is 9.82. The summed E-state index contributed by atoms with van der Waals surface area (Å²) in [6.45, 7) is 1.96. The van der Waals surface area contributed by atoms with Crippen molar-refractivity contribution in [2.45, 2.75) is 32.4 Å². The van der Waals surface area contributed by atoms with Gasteiger partial charge in [-0.25, -0.2) is 9.98 Å². The van der Waals surface area contributed by atoms with Crippen LogP contribution in [0.15, 0.2) is 70.9 Å². The van der Waals surface area contributed by atoms with E-state index in [1.54, 1.807) is 18.2 Å². The molecule has 40 heavy (non-hydrogen) atoms. The number of piperidine rings is 1. The number of benzene rings is 2. The molecule has 0 radical (unpaired) electrons. The standard InChI is InChI=1S/C30H27F3N4O2S/c1-17-13-19(14-18-9-11-37(12-10-18)29(39)28-36-21-6-2-3-8-24(21)40-28)15-23-25(17)26-20(5-4-7-22(26)35-23)27(38)34-16-30(31,32)33/h2-8,13,15,18-19H,9-12,14,16H2,1H3,(H,34,38). The summed E-state index contributed by atoms with van der Waals surface area (Å²) in [5.74, 6) is -0.178. The van der Waals surface area contributed by atoms with Gasteiger partial charge in [0, 0.05) is 29.4 Å². The van der Waals surface area contributed by atoms with Gasteiger partial charge in [-0.15, -0.1) is 11.3 Å². The van der Waals surface area contributed by atoms with Gasteiger partial charge in [0.1, 0.15) is 6.54 Å². The number of carbonyl (C=O) groups excluding carboxylic acids is 2. The van der Waals surface area contributed by atoms with E-state index < -0.39 is 18.6 Å². The van der Waals surface area contributed by atoms with Crippen molar-refractivity contribution in [3.05, 3.63) is 87.0 Å². The molecular weight excluding hydrogens is 537 g/mol. The summed E-state index contributed by atoms with van der Waals surface area (Å²) in [7, 11) is 0. The van der Waals surface area contributed by atoms with Crippen LogP contribution in [0.2, 0.25) is 0 Å². The van der Waals surface area contributed by atoms with E-state index in [2.05, 4.69) is 17.1 Å². The molecule has 10 heteroatoms. The molecule has 6 rings (SSSR count). The van der Waals surface area contributed by atoms with Gasteiger partial charge in [-0.3, -0.25) is 9.59 Å². The molecule has 206 valence electrons. The fourth-order valence-electron chi connectivity index (χ4n) is 5.84. The number of aromatic nitrogens is 1. The number of amides is 2. The molecule has 0 saturated carbocycles. The lowest BCUT2D eigenvalue weighted by molar-refractivity contribution is -0.123. The number of thiazole rings is 1. The summed E-state index contributed by atoms with van der Waals surface area (Å²) in [5, 5.41) is 3.69. The minimum absolute atomic E-state index is 0.00740. The smallest absolute Gasteiger partial charge is 0.343 e. The Balaban J connectivity index is 1.14. The van der Waals surface area contributed by atoms with Crippen LogP contribution in [0.25, 0.3) is 15.8 Å². The van der Waals surface area contributed by atoms with E-state index in [1.165, 1.54) is 11.3 Å². The van der Waals surface area contributed by atoms with Gasteiger partial charge in [0.15, 0.2) is 5.01 Å². The van der Waals surface area contributed by atoms with Gasteiger partial charge in [-0.05, 0) is 67.9 Å². The van der Waals surface area contributed by atoms with Gasteiger partial charge in [0.25, 0.3) is 11.8 Å². The molecule has 2 aromatic carbocycles. The summed E-state index contributed by atoms with van der Waals surface area (Å²) in [6, 6.07) is 12.7. The molecule has 1 aliphatic carbocycles. The van der Waals surface area contributed by atoms with Crippen molar-refractivity contribution in [1.82, 2.24) is 15.2 Å². The topological polar surface area (TPSA) is 74.7 Å². The number of hydrogen-bond acceptors (Lipinski definition) is 5. The van der Waals surface area contributed by atoms with Crippen LogP contribution in [-0.2, 0) is 0 Å². The molecule has 2 amide bonds. The van der Waals surface area contributed by atoms with Gasteiger partial charge in [-0.2, -0.15) is 13.2 Å². The number of fused-ring (bicyclic) bond motifs is 3. The van der Waals surface area contributed by atoms with E-state index in [-0.39, 0.29) is 17.4 Å². The maximum Gasteiger partial charge on any atom is 0.405 e. The van der Waals surface area contributed by atoms with Gasteiger partial charge in [-0.1, -0.05) is 30.4 Å². The molecule has 1 fully saturated rings. The molecule has 1 unspecified atom stereocenters. The SMILES string of the molecule is CC1=CC(CC2CCN(C(=O)c3nc4ccccc4s3)CC2)C=C2N=c3cccc(C(=O)NCC(F)(F)F)c3=C12. The Morgan fingerprint density at radius 3 is 2.60 bits per heavy atom. The molecule has 1 saturated heterocycles. The maximum absolute atomic E-state index is 13.1. The fraction of sp³-hybridized carbons (Fsp3) is 0.333. The highest BCUT2D eigenvalue weighted by Crippen LogP contribution is 2.35. The van der Waals surface area contributed by atoms with Crippen LogP contribution >= 0.6 is 11.3 Å². The average molecular weight is 565 g/mol. The number of carbonyl (C=O) groups is 2. The second kappa shape index (κ2) is 10.3. The third-order valence-corrected chi connectivity index (χ3v) is 8.72. The predicted octanol–water partition coefficient (Wildman–Crippen LogP) is 4.77. The highest BCUT2D eigenvalue weighted by molar-refractivity contribution is 7.20. The minimum atomic E-state index is -4.48. The van der Waals surface area contributed by atoms with Crippen LogP contribution in [0, 0.1) is 11.8 Å². The number of nitrogens with zero attached hydrogens (tertiary/aromatic N) is 3. The van der Waals surface area contributed by atoms with E-state index in [0.29, 0.717) is 34.6 Å². The summed E-state index contributed by atoms with van der Waals surface area (Å²) >= 11 is 1.43. The average Bonchev–Trinajstić information content (AvgIpc) is 3.53. The Morgan fingerprint density at radius 2 is 1.85 bits per heavy atom. The van der Waals surface area contributed by atoms with Crippen molar-refractivity contribution in [2.24, 2.45) is 16.8 Å². The van der Waals surface area contributed by atoms with Gasteiger partial charge in [0.2, 0.25) is 0 Å². The van der Waals surface area contributed by atoms with E-state index in [0.717, 1.165) is 46.3 Å². The Labute approximate surface area is 232 Å². The van der Waals surface area contributed by atoms with E-state index >= 15 is 0 Å². The highest BCUT2D eigenvalue weighted by Gasteiger charge is 2.31. The lowest BCUT2D eigenvalue weighted by Gasteiger charge is -2.33. The third-order valence-electron chi connectivity index (χ3n) is 7.70. The van der Waals surface area contributed by atoms with Crippen molar-refractivity contribution in [3.63, 3.8) is 0 Å². The predicted molar refractivity (Wildman–Crippen MR) is 147 cm³/mol. The zero-order chi connectivity index (χ0) is 28.0. The van der Waals surface area contributed by atoms with Crippen LogP contribution in [0.3, 0.4) is 0 Å². The van der Waals surface area contributed by atoms with Gasteiger partial charge in [0.05, 0.1) is 21.3 Å². The van der Waals surface area contributed by atoms with Crippen molar-refractivity contribution >= 4 is 38.9 Å². The molecule has 3 aliphatic rings. The summed E-state index contributed by atoms with van der Waals surface area (Å²) in [6.07, 6.45) is 2.50. The van der Waals surface area contributed by atoms with Crippen molar-refractivity contribution in [2.75, 3.05) is 19.6 Å². The molecule has 1 N–H and O–H groups in total. The van der Waals surface area contributed by atoms with Gasteiger partial charge < -0.3 is 10.2 Å². The number of likely N-dealkylation sites (tertiary alicyclic amines) is 1. The van der Waals surface area contributed by atoms with Crippen LogP contribution in [0.5, 0.6) is 0 Å². The molecule has 3 aromatic rings. The van der Waals surface area contributed by atoms with Crippen molar-refractivity contribution in [3.8, 4) is 0 Å². The first-order valence-corrected chi connectivity index (χ1v) is 14.1. The van der Waals surface area contributed by atoms with E-state index in [1.807, 2.05) is 41.4 Å². The zero-order valence-electron chi connectivity index (χ0n) is 21.8. The first kappa shape index (κ1) is 26.4. The first-order chi connectivity index (χ1) is 19.2. The number of nitrogens with one attached hydrogen (secondary N) is 1. The normalized spacial score (nSPS) is 19.1. The first-order valence-electron chi connectivity index (χ1n) is 13.3. The fourth-order valence-corrected chi connectivity index (χ4v) is 6.78. The monoisotopic (exact) mass is 564 g/mol. The zero-order valence-corrected chi connectivity index (χ0v) is 22.6. The molecule has 6 nitrogen and oxygen atoms in total. The second-order valence-corrected chi connectivity index (χ2v) is 11.5. The number of hydrogen-bond donors (Lipinski definition) is 1. The molecular formula is C30H27F3N4O2S. The number of rotatable bonds is 5. The van der Waals surface area contributed by atoms with Crippen LogP contribution in [-0.4, -0.2) is 47.5 Å². The lowest BCUT2D eigenvalue weighted by Crippen LogP contribution is -2.39. The van der Waals surface area contributed by atoms with Crippen molar-refractivity contribution < 1.29 is 22.8 Å². The quantitative estimate of drug-likeness (QED) is 0.485. The van der Waals surface area contributed by atoms with Crippen LogP contribution in [0.4, 0.5) is 13.2 Å². The van der Waals surface area contributed by atoms with Crippen LogP contribution in [0.1, 0.15) is 46.3 Å². The molecule has 3 heterocycles. The molecule has 1 atom stereocenters.